The van der Waals surface area contributed by atoms with Crippen LogP contribution in [0.15, 0.2) is 12.2 Å². The zero-order chi connectivity index (χ0) is 10.4. The molecule has 2 bridgehead atoms. The minimum Gasteiger partial charge on any atom is -0.198 e. The van der Waals surface area contributed by atoms with Gasteiger partial charge in [0.25, 0.3) is 0 Å². The highest BCUT2D eigenvalue weighted by molar-refractivity contribution is 6.76. The summed E-state index contributed by atoms with van der Waals surface area (Å²) < 4.78 is 0. The molecule has 0 aromatic carbocycles. The van der Waals surface area contributed by atoms with Crippen LogP contribution >= 0.6 is 0 Å². The Kier molecular flexibility index (Phi) is 2.12. The third kappa shape index (κ3) is 1.54. The van der Waals surface area contributed by atoms with Crippen LogP contribution in [0.5, 0.6) is 0 Å². The van der Waals surface area contributed by atoms with Crippen LogP contribution in [0.2, 0.25) is 25.7 Å². The van der Waals surface area contributed by atoms with Gasteiger partial charge < -0.3 is 0 Å². The van der Waals surface area contributed by atoms with Crippen molar-refractivity contribution >= 4 is 8.07 Å². The third-order valence-corrected chi connectivity index (χ3v) is 5.27. The zero-order valence-corrected chi connectivity index (χ0v) is 10.4. The normalized spacial score (nSPS) is 40.1. The topological polar surface area (TPSA) is 23.8 Å². The summed E-state index contributed by atoms with van der Waals surface area (Å²) in [5.41, 5.74) is 0.0177. The molecular formula is C12H19NSi. The Labute approximate surface area is 87.8 Å². The van der Waals surface area contributed by atoms with E-state index in [2.05, 4.69) is 37.9 Å². The third-order valence-electron chi connectivity index (χ3n) is 3.58. The summed E-state index contributed by atoms with van der Waals surface area (Å²) in [6, 6.07) is 3.83. The smallest absolute Gasteiger partial charge is 0.0693 e. The Hall–Kier alpha value is -0.553. The van der Waals surface area contributed by atoms with Crippen LogP contribution in [-0.2, 0) is 0 Å². The predicted molar refractivity (Wildman–Crippen MR) is 61.6 cm³/mol. The summed E-state index contributed by atoms with van der Waals surface area (Å²) >= 11 is 0. The van der Waals surface area contributed by atoms with Gasteiger partial charge >= 0.3 is 0 Å². The van der Waals surface area contributed by atoms with Crippen molar-refractivity contribution in [2.45, 2.75) is 38.5 Å². The van der Waals surface area contributed by atoms with Gasteiger partial charge in [0.2, 0.25) is 0 Å². The first-order valence-electron chi connectivity index (χ1n) is 5.55. The van der Waals surface area contributed by atoms with Crippen LogP contribution in [-0.4, -0.2) is 8.07 Å². The largest absolute Gasteiger partial charge is 0.198 e. The van der Waals surface area contributed by atoms with E-state index in [1.165, 1.54) is 12.5 Å². The van der Waals surface area contributed by atoms with Crippen LogP contribution in [0.1, 0.15) is 12.8 Å². The monoisotopic (exact) mass is 205 g/mol. The molecule has 0 amide bonds. The van der Waals surface area contributed by atoms with Gasteiger partial charge in [0, 0.05) is 8.07 Å². The van der Waals surface area contributed by atoms with Gasteiger partial charge in [-0.3, -0.25) is 0 Å². The van der Waals surface area contributed by atoms with E-state index < -0.39 is 8.07 Å². The maximum absolute atomic E-state index is 9.44. The van der Waals surface area contributed by atoms with E-state index in [9.17, 15) is 5.26 Å². The lowest BCUT2D eigenvalue weighted by molar-refractivity contribution is 0.362. The molecular weight excluding hydrogens is 186 g/mol. The Balaban J connectivity index is 2.21. The summed E-state index contributed by atoms with van der Waals surface area (Å²) in [4.78, 5) is 0. The maximum Gasteiger partial charge on any atom is 0.0693 e. The standard InChI is InChI=1S/C12H19NSi/c1-14(2,3)9-12(8-13)7-10-4-5-11(12)6-10/h4-5,10-11H,6-7,9H2,1-3H3. The molecule has 2 aliphatic carbocycles. The van der Waals surface area contributed by atoms with E-state index in [1.54, 1.807) is 0 Å². The summed E-state index contributed by atoms with van der Waals surface area (Å²) in [5.74, 6) is 1.29. The fourth-order valence-electron chi connectivity index (χ4n) is 3.27. The highest BCUT2D eigenvalue weighted by atomic mass is 28.3. The first kappa shape index (κ1) is 9.98. The van der Waals surface area contributed by atoms with Gasteiger partial charge in [0.1, 0.15) is 0 Å². The molecule has 3 atom stereocenters. The van der Waals surface area contributed by atoms with Crippen molar-refractivity contribution in [2.75, 3.05) is 0 Å². The van der Waals surface area contributed by atoms with Crippen LogP contribution < -0.4 is 0 Å². The van der Waals surface area contributed by atoms with Gasteiger partial charge in [0.05, 0.1) is 11.5 Å². The SMILES string of the molecule is C[Si](C)(C)CC1(C#N)CC2C=CC1C2. The molecule has 0 radical (unpaired) electrons. The van der Waals surface area contributed by atoms with Crippen molar-refractivity contribution in [2.24, 2.45) is 17.3 Å². The molecule has 1 nitrogen and oxygen atoms in total. The molecule has 0 aromatic heterocycles. The molecule has 0 spiro atoms. The molecule has 0 aromatic rings. The minimum absolute atomic E-state index is 0.0177. The van der Waals surface area contributed by atoms with Gasteiger partial charge in [-0.05, 0) is 30.7 Å². The number of allylic oxidation sites excluding steroid dienone is 2. The highest BCUT2D eigenvalue weighted by Crippen LogP contribution is 2.55. The average Bonchev–Trinajstić information content (AvgIpc) is 2.60. The van der Waals surface area contributed by atoms with Crippen molar-refractivity contribution in [3.05, 3.63) is 12.2 Å². The molecule has 1 fully saturated rings. The molecule has 76 valence electrons. The van der Waals surface area contributed by atoms with Crippen molar-refractivity contribution in [3.63, 3.8) is 0 Å². The molecule has 0 saturated heterocycles. The van der Waals surface area contributed by atoms with Crippen LogP contribution in [0.25, 0.3) is 0 Å². The molecule has 0 heterocycles. The minimum atomic E-state index is -1.11. The quantitative estimate of drug-likeness (QED) is 0.500. The second kappa shape index (κ2) is 2.97. The zero-order valence-electron chi connectivity index (χ0n) is 9.38. The van der Waals surface area contributed by atoms with E-state index in [0.717, 1.165) is 12.3 Å². The van der Waals surface area contributed by atoms with E-state index in [4.69, 9.17) is 0 Å². The van der Waals surface area contributed by atoms with Crippen LogP contribution in [0, 0.1) is 28.6 Å². The lowest BCUT2D eigenvalue weighted by Crippen LogP contribution is -2.34. The van der Waals surface area contributed by atoms with E-state index >= 15 is 0 Å². The van der Waals surface area contributed by atoms with Gasteiger partial charge in [0.15, 0.2) is 0 Å². The Morgan fingerprint density at radius 2 is 2.14 bits per heavy atom. The molecule has 2 heteroatoms. The first-order chi connectivity index (χ1) is 6.45. The van der Waals surface area contributed by atoms with Gasteiger partial charge in [-0.15, -0.1) is 0 Å². The number of rotatable bonds is 2. The second-order valence-electron chi connectivity index (χ2n) is 6.20. The number of nitrogens with zero attached hydrogens (tertiary/aromatic N) is 1. The molecule has 2 aliphatic rings. The van der Waals surface area contributed by atoms with Gasteiger partial charge in [-0.25, -0.2) is 0 Å². The van der Waals surface area contributed by atoms with Crippen molar-refractivity contribution in [1.82, 2.24) is 0 Å². The Bertz CT molecular complexity index is 307. The summed E-state index contributed by atoms with van der Waals surface area (Å²) in [6.45, 7) is 7.13. The first-order valence-corrected chi connectivity index (χ1v) is 9.25. The van der Waals surface area contributed by atoms with Crippen molar-refractivity contribution < 1.29 is 0 Å². The number of hydrogen-bond acceptors (Lipinski definition) is 1. The number of nitriles is 1. The highest BCUT2D eigenvalue weighted by Gasteiger charge is 2.50. The average molecular weight is 205 g/mol. The predicted octanol–water partition coefficient (Wildman–Crippen LogP) is 3.43. The lowest BCUT2D eigenvalue weighted by atomic mass is 9.79. The fraction of sp³-hybridized carbons (Fsp3) is 0.750. The summed E-state index contributed by atoms with van der Waals surface area (Å²) in [5, 5.41) is 9.44. The van der Waals surface area contributed by atoms with E-state index in [1.807, 2.05) is 0 Å². The molecule has 14 heavy (non-hydrogen) atoms. The van der Waals surface area contributed by atoms with Crippen molar-refractivity contribution in [3.8, 4) is 6.07 Å². The van der Waals surface area contributed by atoms with Gasteiger partial charge in [-0.1, -0.05) is 31.8 Å². The summed E-state index contributed by atoms with van der Waals surface area (Å²) in [7, 11) is -1.11. The maximum atomic E-state index is 9.44. The van der Waals surface area contributed by atoms with E-state index in [0.29, 0.717) is 5.92 Å². The van der Waals surface area contributed by atoms with Crippen LogP contribution in [0.4, 0.5) is 0 Å². The van der Waals surface area contributed by atoms with Gasteiger partial charge in [-0.2, -0.15) is 5.26 Å². The second-order valence-corrected chi connectivity index (χ2v) is 11.7. The lowest BCUT2D eigenvalue weighted by Gasteiger charge is -2.33. The van der Waals surface area contributed by atoms with Crippen LogP contribution in [0.3, 0.4) is 0 Å². The summed E-state index contributed by atoms with van der Waals surface area (Å²) in [6.07, 6.45) is 7.01. The molecule has 0 N–H and O–H groups in total. The van der Waals surface area contributed by atoms with Crippen molar-refractivity contribution in [1.29, 1.82) is 5.26 Å². The molecule has 2 rings (SSSR count). The molecule has 1 saturated carbocycles. The van der Waals surface area contributed by atoms with E-state index in [-0.39, 0.29) is 5.41 Å². The molecule has 0 aliphatic heterocycles. The number of fused-ring (bicyclic) bond motifs is 2. The Morgan fingerprint density at radius 1 is 1.43 bits per heavy atom. The fourth-order valence-corrected chi connectivity index (χ4v) is 5.65. The Morgan fingerprint density at radius 3 is 2.50 bits per heavy atom. The molecule has 3 unspecified atom stereocenters. The number of hydrogen-bond donors (Lipinski definition) is 0.